The van der Waals surface area contributed by atoms with Crippen molar-refractivity contribution in [1.82, 2.24) is 5.32 Å². The molecule has 17 heavy (non-hydrogen) atoms. The molecular weight excluding hydrogens is 216 g/mol. The molecule has 1 heterocycles. The number of amides is 1. The molecule has 4 nitrogen and oxygen atoms in total. The fraction of sp³-hybridized carbons (Fsp3) is 0.462. The van der Waals surface area contributed by atoms with Crippen LogP contribution in [0.15, 0.2) is 18.2 Å². The standard InChI is InChI=1S/C13H18N2O2/c1-9-5-6-10(8-12(9)16)15-13(17)11-4-2-3-7-14-11/h5-6,8,11,14,16H,2-4,7H2,1H3,(H,15,17). The molecule has 1 atom stereocenters. The van der Waals surface area contributed by atoms with E-state index in [2.05, 4.69) is 10.6 Å². The summed E-state index contributed by atoms with van der Waals surface area (Å²) in [5.74, 6) is 0.187. The molecule has 0 aliphatic carbocycles. The second kappa shape index (κ2) is 5.19. The largest absolute Gasteiger partial charge is 0.508 e. The maximum atomic E-state index is 11.9. The molecule has 1 aliphatic rings. The molecule has 0 aromatic heterocycles. The average molecular weight is 234 g/mol. The van der Waals surface area contributed by atoms with E-state index >= 15 is 0 Å². The number of piperidine rings is 1. The molecule has 92 valence electrons. The van der Waals surface area contributed by atoms with Crippen molar-refractivity contribution in [2.45, 2.75) is 32.2 Å². The zero-order valence-corrected chi connectivity index (χ0v) is 9.99. The Morgan fingerprint density at radius 2 is 2.29 bits per heavy atom. The van der Waals surface area contributed by atoms with Gasteiger partial charge in [-0.15, -0.1) is 0 Å². The monoisotopic (exact) mass is 234 g/mol. The van der Waals surface area contributed by atoms with E-state index in [0.717, 1.165) is 31.4 Å². The molecule has 1 amide bonds. The van der Waals surface area contributed by atoms with Gasteiger partial charge in [-0.2, -0.15) is 0 Å². The minimum absolute atomic E-state index is 0.0204. The van der Waals surface area contributed by atoms with Gasteiger partial charge in [0.15, 0.2) is 0 Å². The molecule has 0 bridgehead atoms. The average Bonchev–Trinajstić information content (AvgIpc) is 2.35. The van der Waals surface area contributed by atoms with Gasteiger partial charge < -0.3 is 15.7 Å². The molecule has 1 saturated heterocycles. The molecule has 1 aliphatic heterocycles. The third kappa shape index (κ3) is 2.97. The normalized spacial score (nSPS) is 19.9. The van der Waals surface area contributed by atoms with Crippen LogP contribution in [0.3, 0.4) is 0 Å². The van der Waals surface area contributed by atoms with E-state index < -0.39 is 0 Å². The summed E-state index contributed by atoms with van der Waals surface area (Å²) in [5.41, 5.74) is 1.45. The molecule has 1 aromatic carbocycles. The number of rotatable bonds is 2. The van der Waals surface area contributed by atoms with Gasteiger partial charge in [0.1, 0.15) is 5.75 Å². The van der Waals surface area contributed by atoms with Crippen molar-refractivity contribution < 1.29 is 9.90 Å². The van der Waals surface area contributed by atoms with Gasteiger partial charge in [0, 0.05) is 11.8 Å². The molecule has 1 fully saturated rings. The predicted octanol–water partition coefficient (Wildman–Crippen LogP) is 1.78. The highest BCUT2D eigenvalue weighted by molar-refractivity contribution is 5.95. The molecule has 1 aromatic rings. The summed E-state index contributed by atoms with van der Waals surface area (Å²) in [5, 5.41) is 15.6. The summed E-state index contributed by atoms with van der Waals surface area (Å²) in [6.07, 6.45) is 3.10. The van der Waals surface area contributed by atoms with Crippen LogP contribution in [-0.2, 0) is 4.79 Å². The lowest BCUT2D eigenvalue weighted by atomic mass is 10.0. The Balaban J connectivity index is 1.99. The van der Waals surface area contributed by atoms with Gasteiger partial charge in [-0.25, -0.2) is 0 Å². The van der Waals surface area contributed by atoms with Crippen LogP contribution in [0.4, 0.5) is 5.69 Å². The number of aromatic hydroxyl groups is 1. The highest BCUT2D eigenvalue weighted by Gasteiger charge is 2.20. The van der Waals surface area contributed by atoms with Crippen LogP contribution in [0.2, 0.25) is 0 Å². The predicted molar refractivity (Wildman–Crippen MR) is 67.1 cm³/mol. The number of carbonyl (C=O) groups excluding carboxylic acids is 1. The molecule has 3 N–H and O–H groups in total. The fourth-order valence-electron chi connectivity index (χ4n) is 1.99. The second-order valence-corrected chi connectivity index (χ2v) is 4.49. The topological polar surface area (TPSA) is 61.4 Å². The number of anilines is 1. The lowest BCUT2D eigenvalue weighted by Crippen LogP contribution is -2.43. The van der Waals surface area contributed by atoms with Crippen molar-refractivity contribution in [3.05, 3.63) is 23.8 Å². The maximum absolute atomic E-state index is 11.9. The summed E-state index contributed by atoms with van der Waals surface area (Å²) in [7, 11) is 0. The first kappa shape index (κ1) is 11.9. The van der Waals surface area contributed by atoms with Crippen LogP contribution < -0.4 is 10.6 Å². The SMILES string of the molecule is Cc1ccc(NC(=O)C2CCCCN2)cc1O. The molecule has 2 rings (SSSR count). The Labute approximate surface area is 101 Å². The van der Waals surface area contributed by atoms with E-state index in [-0.39, 0.29) is 17.7 Å². The Morgan fingerprint density at radius 3 is 2.94 bits per heavy atom. The first-order chi connectivity index (χ1) is 8.16. The quantitative estimate of drug-likeness (QED) is 0.731. The van der Waals surface area contributed by atoms with Gasteiger partial charge in [0.05, 0.1) is 6.04 Å². The number of benzene rings is 1. The number of hydrogen-bond acceptors (Lipinski definition) is 3. The third-order valence-corrected chi connectivity index (χ3v) is 3.10. The molecule has 0 spiro atoms. The van der Waals surface area contributed by atoms with E-state index in [1.54, 1.807) is 18.2 Å². The van der Waals surface area contributed by atoms with E-state index in [1.807, 2.05) is 6.92 Å². The minimum atomic E-state index is -0.104. The van der Waals surface area contributed by atoms with E-state index in [1.165, 1.54) is 0 Å². The smallest absolute Gasteiger partial charge is 0.241 e. The maximum Gasteiger partial charge on any atom is 0.241 e. The van der Waals surface area contributed by atoms with Crippen LogP contribution in [-0.4, -0.2) is 23.6 Å². The molecule has 4 heteroatoms. The highest BCUT2D eigenvalue weighted by Crippen LogP contribution is 2.21. The van der Waals surface area contributed by atoms with Crippen molar-refractivity contribution in [1.29, 1.82) is 0 Å². The Hall–Kier alpha value is -1.55. The number of aryl methyl sites for hydroxylation is 1. The van der Waals surface area contributed by atoms with E-state index in [9.17, 15) is 9.90 Å². The van der Waals surface area contributed by atoms with Crippen LogP contribution in [0, 0.1) is 6.92 Å². The van der Waals surface area contributed by atoms with Crippen LogP contribution in [0.5, 0.6) is 5.75 Å². The van der Waals surface area contributed by atoms with Crippen LogP contribution in [0.1, 0.15) is 24.8 Å². The lowest BCUT2D eigenvalue weighted by Gasteiger charge is -2.22. The number of hydrogen-bond donors (Lipinski definition) is 3. The van der Waals surface area contributed by atoms with Gasteiger partial charge in [-0.1, -0.05) is 12.5 Å². The first-order valence-corrected chi connectivity index (χ1v) is 6.00. The molecule has 1 unspecified atom stereocenters. The molecular formula is C13H18N2O2. The van der Waals surface area contributed by atoms with Gasteiger partial charge in [-0.3, -0.25) is 4.79 Å². The minimum Gasteiger partial charge on any atom is -0.508 e. The molecule has 0 saturated carbocycles. The summed E-state index contributed by atoms with van der Waals surface area (Å²) in [6, 6.07) is 5.07. The van der Waals surface area contributed by atoms with E-state index in [4.69, 9.17) is 0 Å². The van der Waals surface area contributed by atoms with Crippen molar-refractivity contribution >= 4 is 11.6 Å². The van der Waals surface area contributed by atoms with Crippen molar-refractivity contribution in [3.8, 4) is 5.75 Å². The first-order valence-electron chi connectivity index (χ1n) is 6.00. The summed E-state index contributed by atoms with van der Waals surface area (Å²) in [4.78, 5) is 11.9. The number of phenolic OH excluding ortho intramolecular Hbond substituents is 1. The van der Waals surface area contributed by atoms with Crippen molar-refractivity contribution in [2.75, 3.05) is 11.9 Å². The Kier molecular flexibility index (Phi) is 3.64. The summed E-state index contributed by atoms with van der Waals surface area (Å²) in [6.45, 7) is 2.72. The summed E-state index contributed by atoms with van der Waals surface area (Å²) >= 11 is 0. The van der Waals surface area contributed by atoms with Crippen molar-refractivity contribution in [3.63, 3.8) is 0 Å². The second-order valence-electron chi connectivity index (χ2n) is 4.49. The molecule has 0 radical (unpaired) electrons. The zero-order valence-electron chi connectivity index (χ0n) is 9.99. The highest BCUT2D eigenvalue weighted by atomic mass is 16.3. The lowest BCUT2D eigenvalue weighted by molar-refractivity contribution is -0.118. The van der Waals surface area contributed by atoms with Gasteiger partial charge in [0.25, 0.3) is 0 Å². The number of carbonyl (C=O) groups is 1. The number of phenols is 1. The Morgan fingerprint density at radius 1 is 1.47 bits per heavy atom. The Bertz CT molecular complexity index is 412. The van der Waals surface area contributed by atoms with Crippen molar-refractivity contribution in [2.24, 2.45) is 0 Å². The van der Waals surface area contributed by atoms with Gasteiger partial charge in [-0.05, 0) is 37.9 Å². The fourth-order valence-corrected chi connectivity index (χ4v) is 1.99. The van der Waals surface area contributed by atoms with Crippen LogP contribution in [0.25, 0.3) is 0 Å². The van der Waals surface area contributed by atoms with Gasteiger partial charge >= 0.3 is 0 Å². The van der Waals surface area contributed by atoms with Crippen LogP contribution >= 0.6 is 0 Å². The van der Waals surface area contributed by atoms with Gasteiger partial charge in [0.2, 0.25) is 5.91 Å². The van der Waals surface area contributed by atoms with E-state index in [0.29, 0.717) is 5.69 Å². The summed E-state index contributed by atoms with van der Waals surface area (Å²) < 4.78 is 0. The third-order valence-electron chi connectivity index (χ3n) is 3.10. The zero-order chi connectivity index (χ0) is 12.3. The number of nitrogens with one attached hydrogen (secondary N) is 2.